The SMILES string of the molecule is Cc1ccc(-c2nc3[nH]c(=O)[nH]c(=O)c3[nH]2)o1. The van der Waals surface area contributed by atoms with Gasteiger partial charge in [0.25, 0.3) is 5.56 Å². The van der Waals surface area contributed by atoms with Crippen LogP contribution in [-0.4, -0.2) is 19.9 Å². The fourth-order valence-electron chi connectivity index (χ4n) is 1.61. The van der Waals surface area contributed by atoms with Crippen LogP contribution in [0.25, 0.3) is 22.7 Å². The maximum Gasteiger partial charge on any atom is 0.327 e. The molecule has 0 aliphatic carbocycles. The molecular formula is C10H8N4O3. The maximum absolute atomic E-state index is 11.5. The van der Waals surface area contributed by atoms with Crippen molar-refractivity contribution in [2.45, 2.75) is 6.92 Å². The van der Waals surface area contributed by atoms with Crippen LogP contribution in [0, 0.1) is 6.92 Å². The second-order valence-electron chi connectivity index (χ2n) is 3.63. The van der Waals surface area contributed by atoms with Crippen LogP contribution < -0.4 is 11.2 Å². The van der Waals surface area contributed by atoms with Gasteiger partial charge in [-0.05, 0) is 19.1 Å². The Bertz CT molecular complexity index is 805. The topological polar surface area (TPSA) is 108 Å². The number of nitrogens with one attached hydrogen (secondary N) is 3. The molecule has 3 rings (SSSR count). The van der Waals surface area contributed by atoms with Crippen LogP contribution in [0.15, 0.2) is 26.1 Å². The monoisotopic (exact) mass is 232 g/mol. The minimum Gasteiger partial charge on any atom is -0.458 e. The average molecular weight is 232 g/mol. The van der Waals surface area contributed by atoms with Crippen LogP contribution in [0.5, 0.6) is 0 Å². The van der Waals surface area contributed by atoms with Crippen molar-refractivity contribution in [2.24, 2.45) is 0 Å². The highest BCUT2D eigenvalue weighted by Gasteiger charge is 2.11. The van der Waals surface area contributed by atoms with E-state index in [9.17, 15) is 9.59 Å². The standard InChI is InChI=1S/C10H8N4O3/c1-4-2-3-5(17-4)7-11-6-8(12-7)13-10(16)14-9(6)15/h2-3H,1H3,(H3,11,12,13,14,15,16). The van der Waals surface area contributed by atoms with E-state index in [-0.39, 0.29) is 11.2 Å². The molecule has 7 nitrogen and oxygen atoms in total. The predicted octanol–water partition coefficient (Wildman–Crippen LogP) is 0.508. The summed E-state index contributed by atoms with van der Waals surface area (Å²) in [5, 5.41) is 0. The van der Waals surface area contributed by atoms with E-state index in [0.29, 0.717) is 11.6 Å². The first-order valence-corrected chi connectivity index (χ1v) is 4.92. The number of nitrogens with zero attached hydrogens (tertiary/aromatic N) is 1. The largest absolute Gasteiger partial charge is 0.458 e. The summed E-state index contributed by atoms with van der Waals surface area (Å²) < 4.78 is 5.37. The lowest BCUT2D eigenvalue weighted by Crippen LogP contribution is -2.21. The molecule has 17 heavy (non-hydrogen) atoms. The number of rotatable bonds is 1. The highest BCUT2D eigenvalue weighted by atomic mass is 16.3. The van der Waals surface area contributed by atoms with Gasteiger partial charge in [-0.15, -0.1) is 0 Å². The van der Waals surface area contributed by atoms with Gasteiger partial charge in [0.2, 0.25) is 0 Å². The smallest absolute Gasteiger partial charge is 0.327 e. The predicted molar refractivity (Wildman–Crippen MR) is 59.8 cm³/mol. The van der Waals surface area contributed by atoms with E-state index in [4.69, 9.17) is 4.42 Å². The first kappa shape index (κ1) is 9.64. The molecular weight excluding hydrogens is 224 g/mol. The molecule has 3 N–H and O–H groups in total. The Kier molecular flexibility index (Phi) is 1.82. The molecule has 0 radical (unpaired) electrons. The van der Waals surface area contributed by atoms with Crippen molar-refractivity contribution in [3.63, 3.8) is 0 Å². The molecule has 0 aliphatic heterocycles. The van der Waals surface area contributed by atoms with Gasteiger partial charge in [-0.1, -0.05) is 0 Å². The molecule has 0 saturated carbocycles. The van der Waals surface area contributed by atoms with Gasteiger partial charge in [0.1, 0.15) is 11.3 Å². The quantitative estimate of drug-likeness (QED) is 0.568. The highest BCUT2D eigenvalue weighted by molar-refractivity contribution is 5.73. The number of fused-ring (bicyclic) bond motifs is 1. The van der Waals surface area contributed by atoms with Gasteiger partial charge in [-0.3, -0.25) is 14.8 Å². The summed E-state index contributed by atoms with van der Waals surface area (Å²) in [6.07, 6.45) is 0. The van der Waals surface area contributed by atoms with Crippen LogP contribution in [-0.2, 0) is 0 Å². The Hall–Kier alpha value is -2.57. The van der Waals surface area contributed by atoms with Gasteiger partial charge in [0, 0.05) is 0 Å². The molecule has 0 unspecified atom stereocenters. The van der Waals surface area contributed by atoms with Crippen LogP contribution in [0.4, 0.5) is 0 Å². The molecule has 3 aromatic rings. The number of hydrogen-bond donors (Lipinski definition) is 3. The van der Waals surface area contributed by atoms with Crippen LogP contribution >= 0.6 is 0 Å². The van der Waals surface area contributed by atoms with Crippen LogP contribution in [0.3, 0.4) is 0 Å². The molecule has 0 fully saturated rings. The van der Waals surface area contributed by atoms with Crippen molar-refractivity contribution in [1.82, 2.24) is 19.9 Å². The van der Waals surface area contributed by atoms with Crippen molar-refractivity contribution < 1.29 is 4.42 Å². The second-order valence-corrected chi connectivity index (χ2v) is 3.63. The minimum atomic E-state index is -0.587. The Balaban J connectivity index is 2.30. The van der Waals surface area contributed by atoms with E-state index >= 15 is 0 Å². The summed E-state index contributed by atoms with van der Waals surface area (Å²) in [6, 6.07) is 3.52. The van der Waals surface area contributed by atoms with E-state index in [2.05, 4.69) is 19.9 Å². The molecule has 0 bridgehead atoms. The second kappa shape index (κ2) is 3.21. The van der Waals surface area contributed by atoms with E-state index < -0.39 is 11.2 Å². The van der Waals surface area contributed by atoms with E-state index in [1.54, 1.807) is 19.1 Å². The Morgan fingerprint density at radius 2 is 2.00 bits per heavy atom. The van der Waals surface area contributed by atoms with Gasteiger partial charge in [0.05, 0.1) is 0 Å². The van der Waals surface area contributed by atoms with Gasteiger partial charge >= 0.3 is 5.69 Å². The summed E-state index contributed by atoms with van der Waals surface area (Å²) in [7, 11) is 0. The van der Waals surface area contributed by atoms with Gasteiger partial charge in [-0.2, -0.15) is 0 Å². The Morgan fingerprint density at radius 3 is 2.71 bits per heavy atom. The van der Waals surface area contributed by atoms with Crippen molar-refractivity contribution in [1.29, 1.82) is 0 Å². The summed E-state index contributed by atoms with van der Waals surface area (Å²) in [4.78, 5) is 34.0. The van der Waals surface area contributed by atoms with E-state index in [1.807, 2.05) is 0 Å². The number of aryl methyl sites for hydroxylation is 1. The van der Waals surface area contributed by atoms with Gasteiger partial charge < -0.3 is 9.40 Å². The fraction of sp³-hybridized carbons (Fsp3) is 0.100. The van der Waals surface area contributed by atoms with Gasteiger partial charge in [0.15, 0.2) is 17.2 Å². The van der Waals surface area contributed by atoms with Crippen LogP contribution in [0.2, 0.25) is 0 Å². The lowest BCUT2D eigenvalue weighted by Gasteiger charge is -1.87. The average Bonchev–Trinajstić information content (AvgIpc) is 2.83. The number of hydrogen-bond acceptors (Lipinski definition) is 4. The normalized spacial score (nSPS) is 11.1. The zero-order valence-corrected chi connectivity index (χ0v) is 8.83. The molecule has 0 aromatic carbocycles. The molecule has 3 aromatic heterocycles. The summed E-state index contributed by atoms with van der Waals surface area (Å²) >= 11 is 0. The lowest BCUT2D eigenvalue weighted by molar-refractivity contribution is 0.545. The molecule has 0 saturated heterocycles. The fourth-order valence-corrected chi connectivity index (χ4v) is 1.61. The number of imidazole rings is 1. The zero-order valence-electron chi connectivity index (χ0n) is 8.83. The molecule has 0 aliphatic rings. The van der Waals surface area contributed by atoms with Gasteiger partial charge in [-0.25, -0.2) is 9.78 Å². The van der Waals surface area contributed by atoms with Crippen LogP contribution in [0.1, 0.15) is 5.76 Å². The Labute approximate surface area is 93.5 Å². The third-order valence-electron chi connectivity index (χ3n) is 2.36. The van der Waals surface area contributed by atoms with Crippen molar-refractivity contribution >= 4 is 11.2 Å². The van der Waals surface area contributed by atoms with Crippen molar-refractivity contribution in [3.8, 4) is 11.6 Å². The number of aromatic amines is 3. The lowest BCUT2D eigenvalue weighted by atomic mass is 10.4. The molecule has 86 valence electrons. The van der Waals surface area contributed by atoms with E-state index in [0.717, 1.165) is 5.76 Å². The molecule has 3 heterocycles. The first-order chi connectivity index (χ1) is 8.13. The van der Waals surface area contributed by atoms with Crippen molar-refractivity contribution in [2.75, 3.05) is 0 Å². The molecule has 0 amide bonds. The third kappa shape index (κ3) is 1.48. The Morgan fingerprint density at radius 1 is 1.18 bits per heavy atom. The third-order valence-corrected chi connectivity index (χ3v) is 2.36. The maximum atomic E-state index is 11.5. The molecule has 7 heteroatoms. The molecule has 0 atom stereocenters. The number of furan rings is 1. The summed E-state index contributed by atoms with van der Waals surface area (Å²) in [5.41, 5.74) is -0.668. The first-order valence-electron chi connectivity index (χ1n) is 4.92. The molecule has 0 spiro atoms. The van der Waals surface area contributed by atoms with Crippen molar-refractivity contribution in [3.05, 3.63) is 38.7 Å². The highest BCUT2D eigenvalue weighted by Crippen LogP contribution is 2.19. The zero-order chi connectivity index (χ0) is 12.0. The van der Waals surface area contributed by atoms with E-state index in [1.165, 1.54) is 0 Å². The minimum absolute atomic E-state index is 0.211. The summed E-state index contributed by atoms with van der Waals surface area (Å²) in [6.45, 7) is 1.81. The number of H-pyrrole nitrogens is 3. The summed E-state index contributed by atoms with van der Waals surface area (Å²) in [5.74, 6) is 1.65. The number of aromatic nitrogens is 4.